The van der Waals surface area contributed by atoms with Crippen LogP contribution in [-0.4, -0.2) is 18.7 Å². The number of carbonyl (C=O) groups is 1. The largest absolute Gasteiger partial charge is 0.483 e. The van der Waals surface area contributed by atoms with Crippen molar-refractivity contribution in [1.82, 2.24) is 5.43 Å². The molecular weight excluding hydrogens is 435 g/mol. The highest BCUT2D eigenvalue weighted by Crippen LogP contribution is 2.28. The molecule has 2 aromatic rings. The summed E-state index contributed by atoms with van der Waals surface area (Å²) in [4.78, 5) is 11.7. The lowest BCUT2D eigenvalue weighted by Crippen LogP contribution is -2.24. The highest BCUT2D eigenvalue weighted by molar-refractivity contribution is 9.11. The van der Waals surface area contributed by atoms with Gasteiger partial charge in [-0.2, -0.15) is 5.10 Å². The average molecular weight is 447 g/mol. The maximum atomic E-state index is 11.7. The smallest absolute Gasteiger partial charge is 0.277 e. The van der Waals surface area contributed by atoms with Crippen LogP contribution in [0.25, 0.3) is 0 Å². The van der Waals surface area contributed by atoms with E-state index in [1.807, 2.05) is 18.2 Å². The van der Waals surface area contributed by atoms with Crippen LogP contribution in [0.5, 0.6) is 5.75 Å². The molecule has 1 N–H and O–H groups in total. The summed E-state index contributed by atoms with van der Waals surface area (Å²) >= 11 is 12.6. The van der Waals surface area contributed by atoms with Gasteiger partial charge in [0, 0.05) is 9.50 Å². The fourth-order valence-electron chi connectivity index (χ4n) is 1.53. The van der Waals surface area contributed by atoms with Crippen LogP contribution in [0.1, 0.15) is 5.56 Å². The number of amides is 1. The Morgan fingerprint density at radius 3 is 2.82 bits per heavy atom. The molecule has 22 heavy (non-hydrogen) atoms. The van der Waals surface area contributed by atoms with E-state index in [2.05, 4.69) is 42.4 Å². The van der Waals surface area contributed by atoms with Crippen LogP contribution in [0.15, 0.2) is 56.5 Å². The van der Waals surface area contributed by atoms with E-state index < -0.39 is 0 Å². The van der Waals surface area contributed by atoms with E-state index in [4.69, 9.17) is 16.3 Å². The molecule has 0 fully saturated rings. The van der Waals surface area contributed by atoms with E-state index in [9.17, 15) is 4.79 Å². The van der Waals surface area contributed by atoms with E-state index in [1.54, 1.807) is 24.3 Å². The lowest BCUT2D eigenvalue weighted by atomic mass is 10.2. The predicted octanol–water partition coefficient (Wildman–Crippen LogP) is 4.39. The van der Waals surface area contributed by atoms with Crippen LogP contribution in [-0.2, 0) is 4.79 Å². The highest BCUT2D eigenvalue weighted by atomic mass is 79.9. The van der Waals surface area contributed by atoms with Crippen molar-refractivity contribution in [2.75, 3.05) is 6.61 Å². The number of nitrogens with zero attached hydrogens (tertiary/aromatic N) is 1. The van der Waals surface area contributed by atoms with Gasteiger partial charge in [0.05, 0.1) is 10.7 Å². The van der Waals surface area contributed by atoms with Crippen molar-refractivity contribution >= 4 is 55.6 Å². The van der Waals surface area contributed by atoms with E-state index in [1.165, 1.54) is 6.21 Å². The second-order valence-corrected chi connectivity index (χ2v) is 6.42. The van der Waals surface area contributed by atoms with Gasteiger partial charge in [0.2, 0.25) is 0 Å². The van der Waals surface area contributed by atoms with Crippen LogP contribution in [0.4, 0.5) is 0 Å². The molecule has 0 atom stereocenters. The molecule has 1 amide bonds. The molecule has 0 unspecified atom stereocenters. The first-order chi connectivity index (χ1) is 10.5. The summed E-state index contributed by atoms with van der Waals surface area (Å²) in [6.45, 7) is -0.132. The quantitative estimate of drug-likeness (QED) is 0.547. The molecule has 114 valence electrons. The second-order valence-electron chi connectivity index (χ2n) is 4.21. The van der Waals surface area contributed by atoms with E-state index >= 15 is 0 Å². The van der Waals surface area contributed by atoms with Crippen molar-refractivity contribution < 1.29 is 9.53 Å². The molecule has 0 spiro atoms. The summed E-state index contributed by atoms with van der Waals surface area (Å²) in [6.07, 6.45) is 1.51. The number of rotatable bonds is 5. The van der Waals surface area contributed by atoms with Gasteiger partial charge in [0.25, 0.3) is 5.91 Å². The molecule has 0 bridgehead atoms. The molecule has 0 aromatic heterocycles. The Labute approximate surface area is 149 Å². The Hall–Kier alpha value is -1.37. The third-order valence-electron chi connectivity index (χ3n) is 2.50. The van der Waals surface area contributed by atoms with E-state index in [-0.39, 0.29) is 12.5 Å². The van der Waals surface area contributed by atoms with Crippen molar-refractivity contribution in [3.05, 3.63) is 62.0 Å². The van der Waals surface area contributed by atoms with Crippen molar-refractivity contribution in [2.45, 2.75) is 0 Å². The highest BCUT2D eigenvalue weighted by Gasteiger charge is 2.05. The number of benzene rings is 2. The maximum absolute atomic E-state index is 11.7. The molecule has 0 aliphatic heterocycles. The van der Waals surface area contributed by atoms with Gasteiger partial charge in [-0.1, -0.05) is 39.7 Å². The molecule has 2 aromatic carbocycles. The number of hydrogen-bond donors (Lipinski definition) is 1. The van der Waals surface area contributed by atoms with Crippen molar-refractivity contribution in [3.63, 3.8) is 0 Å². The van der Waals surface area contributed by atoms with Crippen molar-refractivity contribution in [2.24, 2.45) is 5.10 Å². The van der Waals surface area contributed by atoms with Gasteiger partial charge in [-0.3, -0.25) is 4.79 Å². The summed E-state index contributed by atoms with van der Waals surface area (Å²) in [6, 6.07) is 12.6. The number of hydrazone groups is 1. The van der Waals surface area contributed by atoms with Crippen LogP contribution in [0.2, 0.25) is 5.02 Å². The molecule has 0 aliphatic carbocycles. The first kappa shape index (κ1) is 17.0. The molecular formula is C15H11Br2ClN2O2. The number of ether oxygens (including phenoxy) is 1. The summed E-state index contributed by atoms with van der Waals surface area (Å²) in [7, 11) is 0. The van der Waals surface area contributed by atoms with Gasteiger partial charge < -0.3 is 4.74 Å². The molecule has 2 rings (SSSR count). The van der Waals surface area contributed by atoms with Crippen LogP contribution < -0.4 is 10.2 Å². The maximum Gasteiger partial charge on any atom is 0.277 e. The number of carbonyl (C=O) groups excluding carboxylic acids is 1. The Bertz CT molecular complexity index is 708. The minimum atomic E-state index is -0.354. The van der Waals surface area contributed by atoms with Gasteiger partial charge in [-0.05, 0) is 51.8 Å². The van der Waals surface area contributed by atoms with Crippen molar-refractivity contribution in [3.8, 4) is 5.75 Å². The molecule has 0 heterocycles. The third kappa shape index (κ3) is 5.44. The number of hydrogen-bond acceptors (Lipinski definition) is 3. The fourth-order valence-corrected chi connectivity index (χ4v) is 2.89. The summed E-state index contributed by atoms with van der Waals surface area (Å²) in [5, 5.41) is 4.46. The van der Waals surface area contributed by atoms with Crippen LogP contribution in [0.3, 0.4) is 0 Å². The minimum absolute atomic E-state index is 0.132. The van der Waals surface area contributed by atoms with Gasteiger partial charge >= 0.3 is 0 Å². The molecule has 0 saturated heterocycles. The SMILES string of the molecule is O=C(COc1ccc(Br)cc1Br)NN=Cc1cccc(Cl)c1. The van der Waals surface area contributed by atoms with Crippen molar-refractivity contribution in [1.29, 1.82) is 0 Å². The Balaban J connectivity index is 1.83. The Kier molecular flexibility index (Phi) is 6.42. The molecule has 0 aliphatic rings. The van der Waals surface area contributed by atoms with Gasteiger partial charge in [-0.15, -0.1) is 0 Å². The lowest BCUT2D eigenvalue weighted by Gasteiger charge is -2.07. The minimum Gasteiger partial charge on any atom is -0.483 e. The zero-order valence-corrected chi connectivity index (χ0v) is 15.2. The topological polar surface area (TPSA) is 50.7 Å². The Morgan fingerprint density at radius 2 is 2.09 bits per heavy atom. The summed E-state index contributed by atoms with van der Waals surface area (Å²) in [5.41, 5.74) is 3.19. The zero-order valence-electron chi connectivity index (χ0n) is 11.2. The third-order valence-corrected chi connectivity index (χ3v) is 3.85. The first-order valence-electron chi connectivity index (χ1n) is 6.20. The van der Waals surface area contributed by atoms with E-state index in [0.29, 0.717) is 10.8 Å². The standard InChI is InChI=1S/C15H11Br2ClN2O2/c16-11-4-5-14(13(17)7-11)22-9-15(21)20-19-8-10-2-1-3-12(18)6-10/h1-8H,9H2,(H,20,21). The Morgan fingerprint density at radius 1 is 1.27 bits per heavy atom. The second kappa shape index (κ2) is 8.31. The van der Waals surface area contributed by atoms with Crippen LogP contribution in [0, 0.1) is 0 Å². The average Bonchev–Trinajstić information content (AvgIpc) is 2.46. The monoisotopic (exact) mass is 444 g/mol. The molecule has 4 nitrogen and oxygen atoms in total. The zero-order chi connectivity index (χ0) is 15.9. The summed E-state index contributed by atoms with van der Waals surface area (Å²) in [5.74, 6) is 0.227. The first-order valence-corrected chi connectivity index (χ1v) is 8.16. The summed E-state index contributed by atoms with van der Waals surface area (Å²) < 4.78 is 7.08. The number of halogens is 3. The lowest BCUT2D eigenvalue weighted by molar-refractivity contribution is -0.123. The van der Waals surface area contributed by atoms with E-state index in [0.717, 1.165) is 14.5 Å². The molecule has 0 saturated carbocycles. The fraction of sp³-hybridized carbons (Fsp3) is 0.0667. The predicted molar refractivity (Wildman–Crippen MR) is 94.5 cm³/mol. The van der Waals surface area contributed by atoms with Gasteiger partial charge in [-0.25, -0.2) is 5.43 Å². The normalized spacial score (nSPS) is 10.7. The van der Waals surface area contributed by atoms with Crippen LogP contribution >= 0.6 is 43.5 Å². The molecule has 0 radical (unpaired) electrons. The van der Waals surface area contributed by atoms with Gasteiger partial charge in [0.15, 0.2) is 6.61 Å². The molecule has 7 heteroatoms. The van der Waals surface area contributed by atoms with Gasteiger partial charge in [0.1, 0.15) is 5.75 Å². The number of nitrogens with one attached hydrogen (secondary N) is 1.